The van der Waals surface area contributed by atoms with E-state index in [1.54, 1.807) is 0 Å². The zero-order valence-electron chi connectivity index (χ0n) is 11.3. The topological polar surface area (TPSA) is 29.1 Å². The van der Waals surface area contributed by atoms with Crippen LogP contribution in [0.2, 0.25) is 0 Å². The van der Waals surface area contributed by atoms with Crippen LogP contribution in [-0.4, -0.2) is 5.91 Å². The van der Waals surface area contributed by atoms with Crippen molar-refractivity contribution >= 4 is 11.6 Å². The number of benzene rings is 1. The van der Waals surface area contributed by atoms with Crippen molar-refractivity contribution in [2.24, 2.45) is 11.3 Å². The summed E-state index contributed by atoms with van der Waals surface area (Å²) in [6.45, 7) is 8.49. The summed E-state index contributed by atoms with van der Waals surface area (Å²) >= 11 is 0. The third-order valence-corrected chi connectivity index (χ3v) is 2.98. The summed E-state index contributed by atoms with van der Waals surface area (Å²) in [6.07, 6.45) is 1.96. The van der Waals surface area contributed by atoms with Gasteiger partial charge < -0.3 is 5.32 Å². The second kappa shape index (κ2) is 5.85. The number of rotatable bonds is 4. The summed E-state index contributed by atoms with van der Waals surface area (Å²) in [5, 5.41) is 2.99. The molecule has 2 nitrogen and oxygen atoms in total. The molecule has 0 radical (unpaired) electrons. The van der Waals surface area contributed by atoms with Crippen LogP contribution in [0.1, 0.15) is 40.5 Å². The van der Waals surface area contributed by atoms with Gasteiger partial charge >= 0.3 is 0 Å². The molecule has 0 aliphatic heterocycles. The molecule has 1 amide bonds. The number of para-hydroxylation sites is 1. The minimum absolute atomic E-state index is 0.00880. The number of anilines is 1. The average Bonchev–Trinajstić information content (AvgIpc) is 2.25. The van der Waals surface area contributed by atoms with E-state index < -0.39 is 0 Å². The maximum Gasteiger partial charge on any atom is 0.228 e. The summed E-state index contributed by atoms with van der Waals surface area (Å²) in [4.78, 5) is 12.2. The first-order valence-electron chi connectivity index (χ1n) is 6.31. The first-order chi connectivity index (χ1) is 7.95. The Morgan fingerprint density at radius 3 is 2.29 bits per heavy atom. The Morgan fingerprint density at radius 2 is 1.82 bits per heavy atom. The van der Waals surface area contributed by atoms with Crippen molar-refractivity contribution in [3.8, 4) is 0 Å². The maximum atomic E-state index is 12.2. The predicted octanol–water partition coefficient (Wildman–Crippen LogP) is 4.09. The lowest BCUT2D eigenvalue weighted by molar-refractivity contribution is -0.123. The highest BCUT2D eigenvalue weighted by Crippen LogP contribution is 2.30. The molecule has 0 saturated carbocycles. The SMILES string of the molecule is CCCC(C(=O)Nc1ccccc1)C(C)(C)C. The Kier molecular flexibility index (Phi) is 4.73. The highest BCUT2D eigenvalue weighted by Gasteiger charge is 2.30. The van der Waals surface area contributed by atoms with Gasteiger partial charge in [-0.2, -0.15) is 0 Å². The molecule has 94 valence electrons. The quantitative estimate of drug-likeness (QED) is 0.834. The zero-order valence-corrected chi connectivity index (χ0v) is 11.3. The molecule has 0 fully saturated rings. The van der Waals surface area contributed by atoms with Crippen molar-refractivity contribution in [3.63, 3.8) is 0 Å². The Bertz CT molecular complexity index is 351. The van der Waals surface area contributed by atoms with Crippen LogP contribution in [0.4, 0.5) is 5.69 Å². The van der Waals surface area contributed by atoms with Crippen LogP contribution in [0, 0.1) is 11.3 Å². The van der Waals surface area contributed by atoms with Crippen LogP contribution < -0.4 is 5.32 Å². The van der Waals surface area contributed by atoms with E-state index in [0.717, 1.165) is 18.5 Å². The van der Waals surface area contributed by atoms with Crippen LogP contribution in [-0.2, 0) is 4.79 Å². The van der Waals surface area contributed by atoms with E-state index in [-0.39, 0.29) is 17.2 Å². The largest absolute Gasteiger partial charge is 0.326 e. The second-order valence-corrected chi connectivity index (χ2v) is 5.56. The Hall–Kier alpha value is -1.31. The standard InChI is InChI=1S/C15H23NO/c1-5-9-13(15(2,3)4)14(17)16-12-10-7-6-8-11-12/h6-8,10-11,13H,5,9H2,1-4H3,(H,16,17). The molecule has 0 saturated heterocycles. The lowest BCUT2D eigenvalue weighted by atomic mass is 9.77. The smallest absolute Gasteiger partial charge is 0.228 e. The summed E-state index contributed by atoms with van der Waals surface area (Å²) < 4.78 is 0. The van der Waals surface area contributed by atoms with E-state index in [4.69, 9.17) is 0 Å². The number of carbonyl (C=O) groups is 1. The predicted molar refractivity (Wildman–Crippen MR) is 72.9 cm³/mol. The van der Waals surface area contributed by atoms with Gasteiger partial charge in [0.1, 0.15) is 0 Å². The summed E-state index contributed by atoms with van der Waals surface area (Å²) in [5.74, 6) is 0.193. The Labute approximate surface area is 104 Å². The zero-order chi connectivity index (χ0) is 12.9. The van der Waals surface area contributed by atoms with Crippen LogP contribution in [0.25, 0.3) is 0 Å². The molecule has 0 aliphatic carbocycles. The van der Waals surface area contributed by atoms with Gasteiger partial charge in [-0.05, 0) is 24.0 Å². The minimum Gasteiger partial charge on any atom is -0.326 e. The molecule has 1 aromatic carbocycles. The lowest BCUT2D eigenvalue weighted by Crippen LogP contribution is -2.33. The van der Waals surface area contributed by atoms with Gasteiger partial charge in [0.25, 0.3) is 0 Å². The van der Waals surface area contributed by atoms with Crippen molar-refractivity contribution < 1.29 is 4.79 Å². The molecule has 0 bridgehead atoms. The number of carbonyl (C=O) groups excluding carboxylic acids is 1. The van der Waals surface area contributed by atoms with Crippen molar-refractivity contribution in [1.82, 2.24) is 0 Å². The van der Waals surface area contributed by atoms with Gasteiger partial charge in [0.05, 0.1) is 0 Å². The molecule has 1 unspecified atom stereocenters. The normalized spacial score (nSPS) is 13.2. The van der Waals surface area contributed by atoms with Gasteiger partial charge in [0.2, 0.25) is 5.91 Å². The molecule has 0 spiro atoms. The highest BCUT2D eigenvalue weighted by atomic mass is 16.1. The second-order valence-electron chi connectivity index (χ2n) is 5.56. The average molecular weight is 233 g/mol. The number of hydrogen-bond donors (Lipinski definition) is 1. The Morgan fingerprint density at radius 1 is 1.24 bits per heavy atom. The monoisotopic (exact) mass is 233 g/mol. The third-order valence-electron chi connectivity index (χ3n) is 2.98. The van der Waals surface area contributed by atoms with Gasteiger partial charge in [0.15, 0.2) is 0 Å². The molecule has 1 N–H and O–H groups in total. The fourth-order valence-corrected chi connectivity index (χ4v) is 2.00. The summed E-state index contributed by atoms with van der Waals surface area (Å²) in [6, 6.07) is 9.65. The van der Waals surface area contributed by atoms with E-state index in [1.165, 1.54) is 0 Å². The summed E-state index contributed by atoms with van der Waals surface area (Å²) in [7, 11) is 0. The molecule has 17 heavy (non-hydrogen) atoms. The molecular weight excluding hydrogens is 210 g/mol. The van der Waals surface area contributed by atoms with E-state index in [1.807, 2.05) is 30.3 Å². The number of hydrogen-bond acceptors (Lipinski definition) is 1. The van der Waals surface area contributed by atoms with E-state index in [9.17, 15) is 4.79 Å². The van der Waals surface area contributed by atoms with Crippen molar-refractivity contribution in [3.05, 3.63) is 30.3 Å². The van der Waals surface area contributed by atoms with Gasteiger partial charge in [-0.25, -0.2) is 0 Å². The van der Waals surface area contributed by atoms with Gasteiger partial charge in [0, 0.05) is 11.6 Å². The molecule has 2 heteroatoms. The van der Waals surface area contributed by atoms with Crippen molar-refractivity contribution in [2.75, 3.05) is 5.32 Å². The number of nitrogens with one attached hydrogen (secondary N) is 1. The first-order valence-corrected chi connectivity index (χ1v) is 6.31. The molecule has 1 aromatic rings. The lowest BCUT2D eigenvalue weighted by Gasteiger charge is -2.29. The minimum atomic E-state index is 0.00880. The first kappa shape index (κ1) is 13.8. The number of amides is 1. The fourth-order valence-electron chi connectivity index (χ4n) is 2.00. The van der Waals surface area contributed by atoms with Crippen LogP contribution in [0.3, 0.4) is 0 Å². The van der Waals surface area contributed by atoms with E-state index in [0.29, 0.717) is 0 Å². The molecular formula is C15H23NO. The van der Waals surface area contributed by atoms with E-state index >= 15 is 0 Å². The van der Waals surface area contributed by atoms with Gasteiger partial charge in [-0.3, -0.25) is 4.79 Å². The maximum absolute atomic E-state index is 12.2. The molecule has 0 heterocycles. The molecule has 0 aliphatic rings. The van der Waals surface area contributed by atoms with Gasteiger partial charge in [-0.15, -0.1) is 0 Å². The van der Waals surface area contributed by atoms with Crippen LogP contribution in [0.15, 0.2) is 30.3 Å². The van der Waals surface area contributed by atoms with Crippen LogP contribution >= 0.6 is 0 Å². The molecule has 1 atom stereocenters. The van der Waals surface area contributed by atoms with E-state index in [2.05, 4.69) is 33.0 Å². The van der Waals surface area contributed by atoms with Crippen molar-refractivity contribution in [2.45, 2.75) is 40.5 Å². The van der Waals surface area contributed by atoms with Crippen molar-refractivity contribution in [1.29, 1.82) is 0 Å². The highest BCUT2D eigenvalue weighted by molar-refractivity contribution is 5.92. The Balaban J connectivity index is 2.73. The molecule has 1 rings (SSSR count). The van der Waals surface area contributed by atoms with Gasteiger partial charge in [-0.1, -0.05) is 52.3 Å². The summed E-state index contributed by atoms with van der Waals surface area (Å²) in [5.41, 5.74) is 0.886. The molecule has 0 aromatic heterocycles. The van der Waals surface area contributed by atoms with Crippen LogP contribution in [0.5, 0.6) is 0 Å². The fraction of sp³-hybridized carbons (Fsp3) is 0.533. The third kappa shape index (κ3) is 4.22.